The number of benzene rings is 1. The van der Waals surface area contributed by atoms with Gasteiger partial charge in [-0.3, -0.25) is 14.1 Å². The summed E-state index contributed by atoms with van der Waals surface area (Å²) in [5.41, 5.74) is 2.33. The molecule has 2 atom stereocenters. The van der Waals surface area contributed by atoms with E-state index in [2.05, 4.69) is 0 Å². The van der Waals surface area contributed by atoms with Gasteiger partial charge in [-0.05, 0) is 50.8 Å². The summed E-state index contributed by atoms with van der Waals surface area (Å²) in [4.78, 5) is 21.4. The number of hydrogen-bond acceptors (Lipinski definition) is 4. The summed E-state index contributed by atoms with van der Waals surface area (Å²) in [6, 6.07) is 4.91. The van der Waals surface area contributed by atoms with Crippen molar-refractivity contribution < 1.29 is 32.8 Å². The zero-order chi connectivity index (χ0) is 19.4. The van der Waals surface area contributed by atoms with E-state index in [4.69, 9.17) is 14.8 Å². The van der Waals surface area contributed by atoms with Crippen molar-refractivity contribution in [3.8, 4) is 0 Å². The largest absolute Gasteiger partial charge is 0.481 e. The molecule has 0 spiro atoms. The van der Waals surface area contributed by atoms with Crippen LogP contribution in [0, 0.1) is 25.7 Å². The van der Waals surface area contributed by atoms with Gasteiger partial charge in [0.2, 0.25) is 0 Å². The molecular weight excluding hydrogens is 348 g/mol. The Labute approximate surface area is 146 Å². The third-order valence-corrected chi connectivity index (χ3v) is 5.00. The zero-order valence-corrected chi connectivity index (χ0v) is 15.1. The lowest BCUT2D eigenvalue weighted by Crippen LogP contribution is -2.31. The van der Waals surface area contributed by atoms with Crippen molar-refractivity contribution in [2.24, 2.45) is 11.8 Å². The average molecular weight is 370 g/mol. The van der Waals surface area contributed by atoms with E-state index in [-0.39, 0.29) is 4.90 Å². The molecule has 8 heteroatoms. The molecule has 0 aromatic heterocycles. The fourth-order valence-electron chi connectivity index (χ4n) is 2.58. The normalized spacial score (nSPS) is 20.1. The number of carboxylic acids is 2. The molecule has 0 bridgehead atoms. The predicted molar refractivity (Wildman–Crippen MR) is 91.0 cm³/mol. The monoisotopic (exact) mass is 370 g/mol. The summed E-state index contributed by atoms with van der Waals surface area (Å²) >= 11 is 0. The Morgan fingerprint density at radius 1 is 1.04 bits per heavy atom. The smallest absolute Gasteiger partial charge is 0.307 e. The Morgan fingerprint density at radius 3 is 2.04 bits per heavy atom. The molecule has 3 N–H and O–H groups in total. The van der Waals surface area contributed by atoms with E-state index in [1.807, 2.05) is 6.92 Å². The van der Waals surface area contributed by atoms with E-state index >= 15 is 0 Å². The molecule has 1 aliphatic carbocycles. The molecule has 0 saturated heterocycles. The van der Waals surface area contributed by atoms with E-state index in [0.29, 0.717) is 18.4 Å². The first-order chi connectivity index (χ1) is 11.4. The highest BCUT2D eigenvalue weighted by atomic mass is 32.2. The van der Waals surface area contributed by atoms with Crippen LogP contribution < -0.4 is 0 Å². The lowest BCUT2D eigenvalue weighted by molar-refractivity contribution is -0.153. The molecule has 0 fully saturated rings. The lowest BCUT2D eigenvalue weighted by Gasteiger charge is -2.23. The van der Waals surface area contributed by atoms with Crippen molar-refractivity contribution in [1.82, 2.24) is 0 Å². The maximum Gasteiger partial charge on any atom is 0.307 e. The van der Waals surface area contributed by atoms with E-state index in [0.717, 1.165) is 11.1 Å². The van der Waals surface area contributed by atoms with Gasteiger partial charge in [0.05, 0.1) is 16.7 Å². The van der Waals surface area contributed by atoms with Crippen LogP contribution in [0.1, 0.15) is 30.9 Å². The van der Waals surface area contributed by atoms with Crippen molar-refractivity contribution in [3.63, 3.8) is 0 Å². The van der Waals surface area contributed by atoms with Crippen LogP contribution in [0.5, 0.6) is 0 Å². The first-order valence-corrected chi connectivity index (χ1v) is 9.03. The zero-order valence-electron chi connectivity index (χ0n) is 14.3. The lowest BCUT2D eigenvalue weighted by atomic mass is 9.80. The molecule has 25 heavy (non-hydrogen) atoms. The Balaban J connectivity index is 0.000000251. The fraction of sp³-hybridized carbons (Fsp3) is 0.412. The molecule has 0 amide bonds. The first kappa shape index (κ1) is 20.9. The van der Waals surface area contributed by atoms with Gasteiger partial charge < -0.3 is 10.2 Å². The van der Waals surface area contributed by atoms with Crippen LogP contribution in [-0.2, 0) is 19.7 Å². The van der Waals surface area contributed by atoms with Gasteiger partial charge in [0.15, 0.2) is 0 Å². The first-order valence-electron chi connectivity index (χ1n) is 7.59. The highest BCUT2D eigenvalue weighted by Crippen LogP contribution is 2.29. The van der Waals surface area contributed by atoms with Gasteiger partial charge in [-0.15, -0.1) is 0 Å². The second-order valence-electron chi connectivity index (χ2n) is 6.12. The second-order valence-corrected chi connectivity index (χ2v) is 7.51. The maximum absolute atomic E-state index is 10.8. The molecule has 1 aromatic rings. The standard InChI is InChI=1S/C9H12O4.C8H10O3S/c1-5-2-3-6(8(10)11)7(4-5)9(12)13;1-6-3-4-7(2)8(5-6)12(9,10)11/h2,6-7H,3-4H2,1H3,(H,10,11)(H,12,13);3-5H,1-2H3,(H,9,10,11). The van der Waals surface area contributed by atoms with Crippen molar-refractivity contribution in [2.75, 3.05) is 0 Å². The number of carboxylic acid groups (broad SMARTS) is 2. The number of aliphatic carboxylic acids is 2. The van der Waals surface area contributed by atoms with Crippen molar-refractivity contribution in [3.05, 3.63) is 41.0 Å². The van der Waals surface area contributed by atoms with Crippen LogP contribution in [0.15, 0.2) is 34.7 Å². The minimum Gasteiger partial charge on any atom is -0.481 e. The molecule has 2 rings (SSSR count). The Kier molecular flexibility index (Phi) is 6.89. The maximum atomic E-state index is 10.8. The van der Waals surface area contributed by atoms with Crippen LogP contribution >= 0.6 is 0 Å². The topological polar surface area (TPSA) is 129 Å². The van der Waals surface area contributed by atoms with Crippen LogP contribution in [0.25, 0.3) is 0 Å². The molecule has 1 aliphatic rings. The van der Waals surface area contributed by atoms with E-state index in [9.17, 15) is 18.0 Å². The molecular formula is C17H22O7S. The van der Waals surface area contributed by atoms with Crippen LogP contribution in [0.3, 0.4) is 0 Å². The number of rotatable bonds is 3. The Hall–Kier alpha value is -2.19. The van der Waals surface area contributed by atoms with Crippen LogP contribution in [0.2, 0.25) is 0 Å². The number of carbonyl (C=O) groups is 2. The van der Waals surface area contributed by atoms with Gasteiger partial charge in [-0.2, -0.15) is 8.42 Å². The third kappa shape index (κ3) is 5.99. The number of hydrogen-bond donors (Lipinski definition) is 3. The van der Waals surface area contributed by atoms with E-state index in [1.165, 1.54) is 6.07 Å². The van der Waals surface area contributed by atoms with Gasteiger partial charge in [-0.25, -0.2) is 0 Å². The average Bonchev–Trinajstić information content (AvgIpc) is 2.48. The Bertz CT molecular complexity index is 793. The second kappa shape index (κ2) is 8.26. The van der Waals surface area contributed by atoms with Gasteiger partial charge in [0.25, 0.3) is 10.1 Å². The third-order valence-electron chi connectivity index (χ3n) is 4.00. The van der Waals surface area contributed by atoms with Gasteiger partial charge >= 0.3 is 11.9 Å². The summed E-state index contributed by atoms with van der Waals surface area (Å²) in [6.45, 7) is 5.24. The molecule has 2 unspecified atom stereocenters. The van der Waals surface area contributed by atoms with Crippen molar-refractivity contribution in [1.29, 1.82) is 0 Å². The van der Waals surface area contributed by atoms with Crippen molar-refractivity contribution >= 4 is 22.1 Å². The minimum absolute atomic E-state index is 0.0116. The molecule has 0 heterocycles. The summed E-state index contributed by atoms with van der Waals surface area (Å²) in [5, 5.41) is 17.5. The predicted octanol–water partition coefficient (Wildman–Crippen LogP) is 2.68. The molecule has 138 valence electrons. The van der Waals surface area contributed by atoms with Crippen molar-refractivity contribution in [2.45, 2.75) is 38.5 Å². The molecule has 7 nitrogen and oxygen atoms in total. The number of allylic oxidation sites excluding steroid dienone is 2. The van der Waals surface area contributed by atoms with Gasteiger partial charge in [0, 0.05) is 0 Å². The fourth-order valence-corrected chi connectivity index (χ4v) is 3.39. The quantitative estimate of drug-likeness (QED) is 0.551. The van der Waals surface area contributed by atoms with Crippen LogP contribution in [-0.4, -0.2) is 35.1 Å². The summed E-state index contributed by atoms with van der Waals surface area (Å²) in [7, 11) is -4.06. The summed E-state index contributed by atoms with van der Waals surface area (Å²) in [6.07, 6.45) is 2.49. The van der Waals surface area contributed by atoms with E-state index in [1.54, 1.807) is 32.1 Å². The van der Waals surface area contributed by atoms with Gasteiger partial charge in [0.1, 0.15) is 0 Å². The summed E-state index contributed by atoms with van der Waals surface area (Å²) < 4.78 is 30.3. The highest BCUT2D eigenvalue weighted by molar-refractivity contribution is 7.85. The van der Waals surface area contributed by atoms with E-state index < -0.39 is 33.9 Å². The summed E-state index contributed by atoms with van der Waals surface area (Å²) in [5.74, 6) is -3.56. The van der Waals surface area contributed by atoms with Gasteiger partial charge in [-0.1, -0.05) is 23.8 Å². The number of aryl methyl sites for hydroxylation is 2. The molecule has 1 aromatic carbocycles. The molecule has 0 saturated carbocycles. The molecule has 0 radical (unpaired) electrons. The Morgan fingerprint density at radius 2 is 1.60 bits per heavy atom. The minimum atomic E-state index is -4.06. The highest BCUT2D eigenvalue weighted by Gasteiger charge is 2.35. The molecule has 0 aliphatic heterocycles. The SMILES string of the molecule is CC1=CCC(C(=O)O)C(C(=O)O)C1.Cc1ccc(C)c(S(=O)(=O)O)c1. The van der Waals surface area contributed by atoms with Crippen LogP contribution in [0.4, 0.5) is 0 Å².